The number of benzene rings is 1. The van der Waals surface area contributed by atoms with Gasteiger partial charge in [-0.15, -0.1) is 24.0 Å². The number of guanidine groups is 1. The van der Waals surface area contributed by atoms with Crippen LogP contribution in [0.2, 0.25) is 0 Å². The maximum Gasteiger partial charge on any atom is 0.224 e. The van der Waals surface area contributed by atoms with Gasteiger partial charge >= 0.3 is 0 Å². The standard InChI is InChI=1S/C19H31FN4O.HI/c1-3-5-6-7-12-23-19(21-4-2)24-14-13-22-18(25)15-16-8-10-17(20)11-9-16;/h8-11H,3-7,12-15H2,1-2H3,(H,22,25)(H2,21,23,24);1H. The Labute approximate surface area is 173 Å². The fourth-order valence-electron chi connectivity index (χ4n) is 2.30. The van der Waals surface area contributed by atoms with Gasteiger partial charge in [0.25, 0.3) is 0 Å². The number of aliphatic imine (C=N–C) groups is 1. The summed E-state index contributed by atoms with van der Waals surface area (Å²) in [5, 5.41) is 9.26. The van der Waals surface area contributed by atoms with Crippen LogP contribution in [0.1, 0.15) is 45.1 Å². The van der Waals surface area contributed by atoms with E-state index in [1.54, 1.807) is 12.1 Å². The summed E-state index contributed by atoms with van der Waals surface area (Å²) in [5.41, 5.74) is 0.800. The molecule has 3 N–H and O–H groups in total. The molecule has 0 atom stereocenters. The van der Waals surface area contributed by atoms with E-state index in [1.807, 2.05) is 6.92 Å². The molecule has 148 valence electrons. The zero-order valence-electron chi connectivity index (χ0n) is 15.8. The Balaban J connectivity index is 0.00000625. The number of nitrogens with zero attached hydrogens (tertiary/aromatic N) is 1. The zero-order valence-corrected chi connectivity index (χ0v) is 18.1. The Bertz CT molecular complexity index is 523. The summed E-state index contributed by atoms with van der Waals surface area (Å²) in [7, 11) is 0. The molecule has 0 saturated carbocycles. The highest BCUT2D eigenvalue weighted by Gasteiger charge is 2.03. The smallest absolute Gasteiger partial charge is 0.224 e. The number of unbranched alkanes of at least 4 members (excludes halogenated alkanes) is 3. The number of carbonyl (C=O) groups excluding carboxylic acids is 1. The van der Waals surface area contributed by atoms with Gasteiger partial charge in [0, 0.05) is 26.2 Å². The fraction of sp³-hybridized carbons (Fsp3) is 0.579. The van der Waals surface area contributed by atoms with E-state index in [2.05, 4.69) is 27.9 Å². The quantitative estimate of drug-likeness (QED) is 0.198. The summed E-state index contributed by atoms with van der Waals surface area (Å²) < 4.78 is 12.8. The highest BCUT2D eigenvalue weighted by molar-refractivity contribution is 14.0. The first-order valence-corrected chi connectivity index (χ1v) is 9.19. The SMILES string of the molecule is CCCCCCN=C(NCC)NCCNC(=O)Cc1ccc(F)cc1.I. The van der Waals surface area contributed by atoms with E-state index >= 15 is 0 Å². The number of hydrogen-bond acceptors (Lipinski definition) is 2. The Morgan fingerprint density at radius 3 is 2.35 bits per heavy atom. The highest BCUT2D eigenvalue weighted by Crippen LogP contribution is 2.03. The monoisotopic (exact) mass is 478 g/mol. The molecule has 0 saturated heterocycles. The van der Waals surface area contributed by atoms with Crippen molar-refractivity contribution in [2.75, 3.05) is 26.2 Å². The van der Waals surface area contributed by atoms with E-state index in [0.717, 1.165) is 31.0 Å². The van der Waals surface area contributed by atoms with Gasteiger partial charge in [0.2, 0.25) is 5.91 Å². The third kappa shape index (κ3) is 12.1. The lowest BCUT2D eigenvalue weighted by Gasteiger charge is -2.12. The molecule has 0 aromatic heterocycles. The van der Waals surface area contributed by atoms with Gasteiger partial charge in [-0.1, -0.05) is 38.3 Å². The first-order valence-electron chi connectivity index (χ1n) is 9.19. The summed E-state index contributed by atoms with van der Waals surface area (Å²) in [6, 6.07) is 5.98. The van der Waals surface area contributed by atoms with E-state index < -0.39 is 0 Å². The maximum atomic E-state index is 12.8. The second-order valence-corrected chi connectivity index (χ2v) is 5.90. The molecule has 26 heavy (non-hydrogen) atoms. The minimum atomic E-state index is -0.293. The molecule has 0 unspecified atom stereocenters. The van der Waals surface area contributed by atoms with Crippen LogP contribution in [0.4, 0.5) is 4.39 Å². The molecular weight excluding hydrogens is 446 g/mol. The maximum absolute atomic E-state index is 12.8. The summed E-state index contributed by atoms with van der Waals surface area (Å²) in [4.78, 5) is 16.4. The van der Waals surface area contributed by atoms with E-state index in [9.17, 15) is 9.18 Å². The van der Waals surface area contributed by atoms with Crippen LogP contribution >= 0.6 is 24.0 Å². The van der Waals surface area contributed by atoms with Crippen LogP contribution in [-0.4, -0.2) is 38.0 Å². The molecule has 5 nitrogen and oxygen atoms in total. The van der Waals surface area contributed by atoms with Crippen molar-refractivity contribution in [3.63, 3.8) is 0 Å². The summed E-state index contributed by atoms with van der Waals surface area (Å²) >= 11 is 0. The van der Waals surface area contributed by atoms with Crippen molar-refractivity contribution in [1.82, 2.24) is 16.0 Å². The predicted octanol–water partition coefficient (Wildman–Crippen LogP) is 3.24. The van der Waals surface area contributed by atoms with E-state index in [1.165, 1.54) is 31.4 Å². The van der Waals surface area contributed by atoms with Gasteiger partial charge < -0.3 is 16.0 Å². The van der Waals surface area contributed by atoms with Gasteiger partial charge in [-0.3, -0.25) is 9.79 Å². The van der Waals surface area contributed by atoms with Crippen LogP contribution in [0.5, 0.6) is 0 Å². The zero-order chi connectivity index (χ0) is 18.3. The van der Waals surface area contributed by atoms with Gasteiger partial charge in [0.05, 0.1) is 6.42 Å². The van der Waals surface area contributed by atoms with Crippen molar-refractivity contribution in [2.45, 2.75) is 46.0 Å². The lowest BCUT2D eigenvalue weighted by molar-refractivity contribution is -0.120. The first-order chi connectivity index (χ1) is 12.2. The number of rotatable bonds is 11. The molecule has 0 aliphatic rings. The van der Waals surface area contributed by atoms with Crippen LogP contribution in [0, 0.1) is 5.82 Å². The molecule has 1 amide bonds. The van der Waals surface area contributed by atoms with Gasteiger partial charge in [0.15, 0.2) is 5.96 Å². The van der Waals surface area contributed by atoms with E-state index in [-0.39, 0.29) is 42.1 Å². The highest BCUT2D eigenvalue weighted by atomic mass is 127. The molecule has 1 rings (SSSR count). The number of halogens is 2. The van der Waals surface area contributed by atoms with E-state index in [4.69, 9.17) is 0 Å². The predicted molar refractivity (Wildman–Crippen MR) is 117 cm³/mol. The first kappa shape index (κ1) is 24.6. The molecule has 1 aromatic rings. The second-order valence-electron chi connectivity index (χ2n) is 5.90. The molecular formula is C19H32FIN4O. The van der Waals surface area contributed by atoms with E-state index in [0.29, 0.717) is 13.1 Å². The largest absolute Gasteiger partial charge is 0.357 e. The lowest BCUT2D eigenvalue weighted by Crippen LogP contribution is -2.41. The van der Waals surface area contributed by atoms with Crippen molar-refractivity contribution in [1.29, 1.82) is 0 Å². The van der Waals surface area contributed by atoms with Crippen LogP contribution in [-0.2, 0) is 11.2 Å². The Morgan fingerprint density at radius 2 is 1.69 bits per heavy atom. The average molecular weight is 478 g/mol. The summed E-state index contributed by atoms with van der Waals surface area (Å²) in [5.74, 6) is 0.417. The van der Waals surface area contributed by atoms with Crippen molar-refractivity contribution >= 4 is 35.8 Å². The molecule has 0 fully saturated rings. The lowest BCUT2D eigenvalue weighted by atomic mass is 10.1. The molecule has 1 aromatic carbocycles. The van der Waals surface area contributed by atoms with Crippen molar-refractivity contribution in [3.05, 3.63) is 35.6 Å². The van der Waals surface area contributed by atoms with Crippen LogP contribution in [0.3, 0.4) is 0 Å². The second kappa shape index (κ2) is 15.8. The minimum absolute atomic E-state index is 0. The molecule has 0 bridgehead atoms. The van der Waals surface area contributed by atoms with Crippen LogP contribution in [0.15, 0.2) is 29.3 Å². The fourth-order valence-corrected chi connectivity index (χ4v) is 2.30. The number of amides is 1. The topological polar surface area (TPSA) is 65.5 Å². The third-order valence-electron chi connectivity index (χ3n) is 3.64. The average Bonchev–Trinajstić information content (AvgIpc) is 2.60. The van der Waals surface area contributed by atoms with Crippen LogP contribution in [0.25, 0.3) is 0 Å². The molecule has 0 aliphatic heterocycles. The molecule has 0 heterocycles. The molecule has 0 aliphatic carbocycles. The minimum Gasteiger partial charge on any atom is -0.357 e. The number of hydrogen-bond donors (Lipinski definition) is 3. The third-order valence-corrected chi connectivity index (χ3v) is 3.64. The Kier molecular flexibility index (Phi) is 15.0. The van der Waals surface area contributed by atoms with Crippen LogP contribution < -0.4 is 16.0 Å². The van der Waals surface area contributed by atoms with Crippen molar-refractivity contribution < 1.29 is 9.18 Å². The Hall–Kier alpha value is -1.38. The number of carbonyl (C=O) groups is 1. The normalized spacial score (nSPS) is 10.8. The molecule has 0 spiro atoms. The van der Waals surface area contributed by atoms with Crippen molar-refractivity contribution in [2.24, 2.45) is 4.99 Å². The van der Waals surface area contributed by atoms with Crippen molar-refractivity contribution in [3.8, 4) is 0 Å². The molecule has 0 radical (unpaired) electrons. The summed E-state index contributed by atoms with van der Waals surface area (Å²) in [6.07, 6.45) is 5.03. The van der Waals surface area contributed by atoms with Gasteiger partial charge in [0.1, 0.15) is 5.82 Å². The molecule has 7 heteroatoms. The number of nitrogens with one attached hydrogen (secondary N) is 3. The Morgan fingerprint density at radius 1 is 1.00 bits per heavy atom. The summed E-state index contributed by atoms with van der Waals surface area (Å²) in [6.45, 7) is 6.96. The van der Waals surface area contributed by atoms with Gasteiger partial charge in [-0.05, 0) is 31.0 Å². The van der Waals surface area contributed by atoms with Gasteiger partial charge in [-0.2, -0.15) is 0 Å². The van der Waals surface area contributed by atoms with Gasteiger partial charge in [-0.25, -0.2) is 4.39 Å².